The van der Waals surface area contributed by atoms with E-state index in [4.69, 9.17) is 4.74 Å². The lowest BCUT2D eigenvalue weighted by molar-refractivity contribution is -0.143. The standard InChI is InChI=1S/C16H30F2O2S/c1-5-7-10-20-15(19)14(12-13(3)4)21-11-8-9-16(17,18)6-2/h13-14H,5-12H2,1-4H3. The first-order valence-corrected chi connectivity index (χ1v) is 9.03. The van der Waals surface area contributed by atoms with Gasteiger partial charge in [0.25, 0.3) is 0 Å². The molecule has 126 valence electrons. The Morgan fingerprint density at radius 2 is 1.90 bits per heavy atom. The molecule has 2 nitrogen and oxygen atoms in total. The van der Waals surface area contributed by atoms with Crippen LogP contribution in [0.4, 0.5) is 8.78 Å². The number of alkyl halides is 2. The highest BCUT2D eigenvalue weighted by Crippen LogP contribution is 2.27. The fraction of sp³-hybridized carbons (Fsp3) is 0.938. The number of hydrogen-bond acceptors (Lipinski definition) is 3. The third-order valence-electron chi connectivity index (χ3n) is 3.21. The van der Waals surface area contributed by atoms with Crippen molar-refractivity contribution in [1.82, 2.24) is 0 Å². The summed E-state index contributed by atoms with van der Waals surface area (Å²) in [4.78, 5) is 12.0. The predicted molar refractivity (Wildman–Crippen MR) is 86.0 cm³/mol. The van der Waals surface area contributed by atoms with E-state index in [1.165, 1.54) is 18.7 Å². The lowest BCUT2D eigenvalue weighted by Crippen LogP contribution is -2.23. The van der Waals surface area contributed by atoms with E-state index in [1.54, 1.807) is 0 Å². The van der Waals surface area contributed by atoms with E-state index in [0.717, 1.165) is 19.3 Å². The minimum atomic E-state index is -2.57. The van der Waals surface area contributed by atoms with Crippen LogP contribution in [0.15, 0.2) is 0 Å². The summed E-state index contributed by atoms with van der Waals surface area (Å²) >= 11 is 1.46. The van der Waals surface area contributed by atoms with E-state index < -0.39 is 5.92 Å². The van der Waals surface area contributed by atoms with E-state index in [0.29, 0.717) is 24.7 Å². The molecule has 5 heteroatoms. The Kier molecular flexibility index (Phi) is 11.1. The maximum Gasteiger partial charge on any atom is 0.319 e. The van der Waals surface area contributed by atoms with Gasteiger partial charge in [0, 0.05) is 12.8 Å². The number of hydrogen-bond donors (Lipinski definition) is 0. The topological polar surface area (TPSA) is 26.3 Å². The number of ether oxygens (including phenoxy) is 1. The van der Waals surface area contributed by atoms with Crippen LogP contribution in [-0.2, 0) is 9.53 Å². The van der Waals surface area contributed by atoms with Gasteiger partial charge in [-0.05, 0) is 30.9 Å². The fourth-order valence-electron chi connectivity index (χ4n) is 1.80. The van der Waals surface area contributed by atoms with E-state index in [-0.39, 0.29) is 24.1 Å². The van der Waals surface area contributed by atoms with Crippen LogP contribution in [0.2, 0.25) is 0 Å². The molecule has 0 aromatic heterocycles. The molecule has 0 aromatic carbocycles. The molecule has 0 N–H and O–H groups in total. The molecule has 0 aliphatic carbocycles. The zero-order chi connectivity index (χ0) is 16.3. The van der Waals surface area contributed by atoms with E-state index in [2.05, 4.69) is 13.8 Å². The maximum absolute atomic E-state index is 13.2. The zero-order valence-electron chi connectivity index (χ0n) is 13.8. The molecule has 0 radical (unpaired) electrons. The maximum atomic E-state index is 13.2. The highest BCUT2D eigenvalue weighted by molar-refractivity contribution is 8.00. The van der Waals surface area contributed by atoms with Crippen LogP contribution in [0.25, 0.3) is 0 Å². The third-order valence-corrected chi connectivity index (χ3v) is 4.53. The first-order valence-electron chi connectivity index (χ1n) is 7.98. The van der Waals surface area contributed by atoms with Crippen molar-refractivity contribution in [2.24, 2.45) is 5.92 Å². The second-order valence-electron chi connectivity index (χ2n) is 5.82. The summed E-state index contributed by atoms with van der Waals surface area (Å²) in [6.45, 7) is 8.11. The lowest BCUT2D eigenvalue weighted by atomic mass is 10.1. The first kappa shape index (κ1) is 20.7. The quantitative estimate of drug-likeness (QED) is 0.360. The van der Waals surface area contributed by atoms with Gasteiger partial charge in [-0.25, -0.2) is 8.78 Å². The number of esters is 1. The van der Waals surface area contributed by atoms with Crippen LogP contribution in [0.5, 0.6) is 0 Å². The molecule has 0 aliphatic heterocycles. The average molecular weight is 324 g/mol. The number of carbonyl (C=O) groups is 1. The van der Waals surface area contributed by atoms with Crippen LogP contribution >= 0.6 is 11.8 Å². The second kappa shape index (κ2) is 11.3. The summed E-state index contributed by atoms with van der Waals surface area (Å²) in [6.07, 6.45) is 2.80. The summed E-state index contributed by atoms with van der Waals surface area (Å²) in [5.41, 5.74) is 0. The molecule has 0 saturated heterocycles. The van der Waals surface area contributed by atoms with Crippen LogP contribution in [-0.4, -0.2) is 29.5 Å². The summed E-state index contributed by atoms with van der Waals surface area (Å²) in [6, 6.07) is 0. The normalized spacial score (nSPS) is 13.5. The Hall–Kier alpha value is -0.320. The highest BCUT2D eigenvalue weighted by atomic mass is 32.2. The SMILES string of the molecule is CCCCOC(=O)C(CC(C)C)SCCCC(F)(F)CC. The zero-order valence-corrected chi connectivity index (χ0v) is 14.6. The van der Waals surface area contributed by atoms with Gasteiger partial charge in [-0.1, -0.05) is 34.1 Å². The minimum Gasteiger partial charge on any atom is -0.465 e. The Bertz CT molecular complexity index is 283. The van der Waals surface area contributed by atoms with E-state index in [9.17, 15) is 13.6 Å². The molecule has 0 aliphatic rings. The smallest absolute Gasteiger partial charge is 0.319 e. The molecule has 21 heavy (non-hydrogen) atoms. The molecule has 0 heterocycles. The molecule has 0 aromatic rings. The molecular formula is C16H30F2O2S. The Morgan fingerprint density at radius 1 is 1.24 bits per heavy atom. The highest BCUT2D eigenvalue weighted by Gasteiger charge is 2.26. The summed E-state index contributed by atoms with van der Waals surface area (Å²) in [7, 11) is 0. The van der Waals surface area contributed by atoms with Crippen molar-refractivity contribution >= 4 is 17.7 Å². The minimum absolute atomic E-state index is 0.101. The van der Waals surface area contributed by atoms with Crippen molar-refractivity contribution in [3.8, 4) is 0 Å². The Labute approximate surface area is 132 Å². The molecule has 0 fully saturated rings. The van der Waals surface area contributed by atoms with E-state index >= 15 is 0 Å². The van der Waals surface area contributed by atoms with E-state index in [1.807, 2.05) is 6.92 Å². The third kappa shape index (κ3) is 11.0. The lowest BCUT2D eigenvalue weighted by Gasteiger charge is -2.18. The molecular weight excluding hydrogens is 294 g/mol. The van der Waals surface area contributed by atoms with Gasteiger partial charge in [0.15, 0.2) is 0 Å². The second-order valence-corrected chi connectivity index (χ2v) is 7.13. The van der Waals surface area contributed by atoms with Gasteiger partial charge in [0.1, 0.15) is 5.25 Å². The predicted octanol–water partition coefficient (Wildman–Crippen LogP) is 5.30. The van der Waals surface area contributed by atoms with Crippen LogP contribution < -0.4 is 0 Å². The van der Waals surface area contributed by atoms with Gasteiger partial charge in [0.05, 0.1) is 6.61 Å². The number of halogens is 2. The summed E-state index contributed by atoms with van der Waals surface area (Å²) in [5, 5.41) is -0.225. The number of rotatable bonds is 12. The largest absolute Gasteiger partial charge is 0.465 e. The van der Waals surface area contributed by atoms with Crippen molar-refractivity contribution in [3.63, 3.8) is 0 Å². The number of unbranched alkanes of at least 4 members (excludes halogenated alkanes) is 1. The Morgan fingerprint density at radius 3 is 2.43 bits per heavy atom. The molecule has 0 rings (SSSR count). The van der Waals surface area contributed by atoms with Crippen molar-refractivity contribution in [3.05, 3.63) is 0 Å². The van der Waals surface area contributed by atoms with Gasteiger partial charge < -0.3 is 4.74 Å². The molecule has 0 amide bonds. The molecule has 1 atom stereocenters. The van der Waals surface area contributed by atoms with Crippen LogP contribution in [0.3, 0.4) is 0 Å². The molecule has 0 saturated carbocycles. The fourth-order valence-corrected chi connectivity index (χ4v) is 3.12. The van der Waals surface area contributed by atoms with Gasteiger partial charge in [-0.15, -0.1) is 11.8 Å². The number of thioether (sulfide) groups is 1. The van der Waals surface area contributed by atoms with Crippen molar-refractivity contribution in [2.45, 2.75) is 77.4 Å². The van der Waals surface area contributed by atoms with Crippen molar-refractivity contribution in [1.29, 1.82) is 0 Å². The van der Waals surface area contributed by atoms with Gasteiger partial charge >= 0.3 is 5.97 Å². The van der Waals surface area contributed by atoms with Gasteiger partial charge in [-0.3, -0.25) is 4.79 Å². The van der Waals surface area contributed by atoms with Crippen molar-refractivity contribution < 1.29 is 18.3 Å². The molecule has 0 bridgehead atoms. The summed E-state index contributed by atoms with van der Waals surface area (Å²) in [5.74, 6) is -1.80. The Balaban J connectivity index is 4.14. The van der Waals surface area contributed by atoms with Gasteiger partial charge in [0.2, 0.25) is 5.92 Å². The molecule has 0 spiro atoms. The summed E-state index contributed by atoms with van der Waals surface area (Å²) < 4.78 is 31.6. The van der Waals surface area contributed by atoms with Crippen LogP contribution in [0, 0.1) is 5.92 Å². The monoisotopic (exact) mass is 324 g/mol. The molecule has 1 unspecified atom stereocenters. The van der Waals surface area contributed by atoms with Crippen molar-refractivity contribution in [2.75, 3.05) is 12.4 Å². The first-order chi connectivity index (χ1) is 9.82. The van der Waals surface area contributed by atoms with Crippen LogP contribution in [0.1, 0.15) is 66.2 Å². The van der Waals surface area contributed by atoms with Gasteiger partial charge in [-0.2, -0.15) is 0 Å². The average Bonchev–Trinajstić information content (AvgIpc) is 2.42. The number of carbonyl (C=O) groups excluding carboxylic acids is 1.